The minimum absolute atomic E-state index is 1.09. The molecule has 0 N–H and O–H groups in total. The predicted octanol–water partition coefficient (Wildman–Crippen LogP) is 26.3. The molecule has 12 aromatic carbocycles. The minimum Gasteiger partial charge on any atom is -0.310 e. The van der Waals surface area contributed by atoms with Crippen LogP contribution in [0.5, 0.6) is 0 Å². The summed E-state index contributed by atoms with van der Waals surface area (Å²) in [6, 6.07) is 96.3. The first kappa shape index (κ1) is 61.0. The van der Waals surface area contributed by atoms with Gasteiger partial charge in [-0.05, 0) is 238 Å². The van der Waals surface area contributed by atoms with E-state index in [-0.39, 0.29) is 0 Å². The van der Waals surface area contributed by atoms with Crippen molar-refractivity contribution < 1.29 is 0 Å². The van der Waals surface area contributed by atoms with Gasteiger partial charge in [0.05, 0.1) is 0 Å². The van der Waals surface area contributed by atoms with Gasteiger partial charge >= 0.3 is 0 Å². The molecule has 0 aliphatic rings. The Labute approximate surface area is 537 Å². The smallest absolute Gasteiger partial charge is 0.0467 e. The first-order chi connectivity index (χ1) is 44.2. The van der Waals surface area contributed by atoms with Crippen molar-refractivity contribution in [1.82, 2.24) is 0 Å². The van der Waals surface area contributed by atoms with Gasteiger partial charge in [0.25, 0.3) is 0 Å². The maximum atomic E-state index is 2.45. The SMILES string of the molecule is CCCCCCCCc1cccc(N(c2ccc(-c3ccc(C)cc3)cc2)c2cccc(-c3ccc4ccc(C)c(-c5c(C)ccc6ccc(-c7cccc(N(c8ccc(-c9ccc(C)cc9)cc8)c8cccc(CCCCCCCC)c8)c7)cc56)c4c3)c2)c1. The largest absolute Gasteiger partial charge is 0.310 e. The summed E-state index contributed by atoms with van der Waals surface area (Å²) in [5.74, 6) is 0. The predicted molar refractivity (Wildman–Crippen MR) is 391 cm³/mol. The van der Waals surface area contributed by atoms with Crippen LogP contribution in [0.2, 0.25) is 0 Å². The van der Waals surface area contributed by atoms with E-state index in [0.29, 0.717) is 0 Å². The zero-order chi connectivity index (χ0) is 61.8. The van der Waals surface area contributed by atoms with Gasteiger partial charge in [-0.1, -0.05) is 259 Å². The number of nitrogens with zero attached hydrogens (tertiary/aromatic N) is 2. The maximum Gasteiger partial charge on any atom is 0.0467 e. The number of unbranched alkanes of at least 4 members (excludes halogenated alkanes) is 10. The molecule has 0 atom stereocenters. The number of hydrogen-bond acceptors (Lipinski definition) is 2. The van der Waals surface area contributed by atoms with Crippen LogP contribution in [-0.2, 0) is 12.8 Å². The van der Waals surface area contributed by atoms with Crippen molar-refractivity contribution in [2.75, 3.05) is 9.80 Å². The highest BCUT2D eigenvalue weighted by Crippen LogP contribution is 2.45. The fraction of sp³-hybridized carbons (Fsp3) is 0.227. The van der Waals surface area contributed by atoms with Gasteiger partial charge in [-0.2, -0.15) is 0 Å². The Bertz CT molecular complexity index is 4070. The molecule has 2 nitrogen and oxygen atoms in total. The van der Waals surface area contributed by atoms with E-state index in [4.69, 9.17) is 0 Å². The van der Waals surface area contributed by atoms with E-state index in [9.17, 15) is 0 Å². The van der Waals surface area contributed by atoms with Gasteiger partial charge in [0.1, 0.15) is 0 Å². The number of benzene rings is 12. The molecule has 0 aromatic heterocycles. The summed E-state index contributed by atoms with van der Waals surface area (Å²) in [6.07, 6.45) is 17.7. The highest BCUT2D eigenvalue weighted by molar-refractivity contribution is 6.09. The van der Waals surface area contributed by atoms with Crippen LogP contribution in [0.1, 0.15) is 124 Å². The lowest BCUT2D eigenvalue weighted by atomic mass is 9.86. The van der Waals surface area contributed by atoms with Gasteiger partial charge in [0, 0.05) is 34.1 Å². The first-order valence-electron chi connectivity index (χ1n) is 33.6. The molecule has 0 spiro atoms. The van der Waals surface area contributed by atoms with Crippen molar-refractivity contribution in [2.24, 2.45) is 0 Å². The van der Waals surface area contributed by atoms with Crippen molar-refractivity contribution in [3.63, 3.8) is 0 Å². The fourth-order valence-corrected chi connectivity index (χ4v) is 13.4. The van der Waals surface area contributed by atoms with Gasteiger partial charge in [-0.25, -0.2) is 0 Å². The van der Waals surface area contributed by atoms with Crippen molar-refractivity contribution in [3.8, 4) is 55.6 Å². The molecule has 0 saturated heterocycles. The van der Waals surface area contributed by atoms with E-state index in [2.05, 4.69) is 306 Å². The summed E-state index contributed by atoms with van der Waals surface area (Å²) in [7, 11) is 0. The molecule has 0 aliphatic carbocycles. The Morgan fingerprint density at radius 3 is 0.944 bits per heavy atom. The molecule has 0 bridgehead atoms. The second kappa shape index (κ2) is 28.9. The molecule has 0 radical (unpaired) electrons. The van der Waals surface area contributed by atoms with E-state index in [1.807, 2.05) is 0 Å². The third-order valence-corrected chi connectivity index (χ3v) is 18.6. The van der Waals surface area contributed by atoms with E-state index in [1.165, 1.54) is 199 Å². The van der Waals surface area contributed by atoms with Crippen LogP contribution in [0.25, 0.3) is 77.2 Å². The van der Waals surface area contributed by atoms with Crippen LogP contribution in [0.3, 0.4) is 0 Å². The summed E-state index contributed by atoms with van der Waals surface area (Å²) in [4.78, 5) is 4.90. The molecular formula is C88H88N2. The van der Waals surface area contributed by atoms with E-state index >= 15 is 0 Å². The second-order valence-electron chi connectivity index (χ2n) is 25.4. The average molecular weight is 1170 g/mol. The van der Waals surface area contributed by atoms with Crippen LogP contribution in [0, 0.1) is 27.7 Å². The monoisotopic (exact) mass is 1170 g/mol. The highest BCUT2D eigenvalue weighted by Gasteiger charge is 2.20. The number of aryl methyl sites for hydroxylation is 6. The fourth-order valence-electron chi connectivity index (χ4n) is 13.4. The van der Waals surface area contributed by atoms with Crippen LogP contribution >= 0.6 is 0 Å². The van der Waals surface area contributed by atoms with Crippen molar-refractivity contribution in [3.05, 3.63) is 288 Å². The molecule has 0 aliphatic heterocycles. The molecule has 2 heteroatoms. The Morgan fingerprint density at radius 2 is 0.556 bits per heavy atom. The third kappa shape index (κ3) is 14.3. The lowest BCUT2D eigenvalue weighted by Crippen LogP contribution is -2.10. The van der Waals surface area contributed by atoms with Gasteiger partial charge < -0.3 is 9.80 Å². The summed E-state index contributed by atoms with van der Waals surface area (Å²) in [5, 5.41) is 4.98. The van der Waals surface area contributed by atoms with Crippen molar-refractivity contribution in [1.29, 1.82) is 0 Å². The Kier molecular flexibility index (Phi) is 19.6. The van der Waals surface area contributed by atoms with Crippen molar-refractivity contribution >= 4 is 55.7 Å². The molecule has 0 heterocycles. The molecule has 450 valence electrons. The van der Waals surface area contributed by atoms with Crippen LogP contribution in [0.4, 0.5) is 34.1 Å². The zero-order valence-corrected chi connectivity index (χ0v) is 54.0. The van der Waals surface area contributed by atoms with E-state index in [1.54, 1.807) is 0 Å². The summed E-state index contributed by atoms with van der Waals surface area (Å²) >= 11 is 0. The molecule has 0 saturated carbocycles. The van der Waals surface area contributed by atoms with E-state index in [0.717, 1.165) is 35.6 Å². The lowest BCUT2D eigenvalue weighted by Gasteiger charge is -2.27. The van der Waals surface area contributed by atoms with E-state index < -0.39 is 0 Å². The average Bonchev–Trinajstić information content (AvgIpc) is 0.813. The minimum atomic E-state index is 1.09. The van der Waals surface area contributed by atoms with Gasteiger partial charge in [-0.3, -0.25) is 0 Å². The summed E-state index contributed by atoms with van der Waals surface area (Å²) < 4.78 is 0. The number of fused-ring (bicyclic) bond motifs is 2. The first-order valence-corrected chi connectivity index (χ1v) is 33.6. The maximum absolute atomic E-state index is 2.45. The van der Waals surface area contributed by atoms with Gasteiger partial charge in [0.2, 0.25) is 0 Å². The molecular weight excluding hydrogens is 1080 g/mol. The zero-order valence-electron chi connectivity index (χ0n) is 54.0. The molecule has 0 unspecified atom stereocenters. The molecule has 0 fully saturated rings. The number of rotatable bonds is 25. The van der Waals surface area contributed by atoms with Crippen LogP contribution < -0.4 is 9.80 Å². The highest BCUT2D eigenvalue weighted by atomic mass is 15.1. The lowest BCUT2D eigenvalue weighted by molar-refractivity contribution is 0.607. The molecule has 0 amide bonds. The standard InChI is InChI=1S/C88H88N2/c1-7-9-11-13-15-17-23-67-25-19-29-81(57-67)89(79-53-49-71(50-54-79)69-39-33-63(3)34-40-69)83-31-21-27-75(59-83)77-47-45-73-43-37-65(5)87(85(73)61-77)88-66(6)38-44-74-46-48-78(62-86(74)88)76-28-22-32-84(60-76)90(80-55-51-72(52-56-80)70-41-35-64(4)36-42-70)82-30-20-26-68(58-82)24-18-16-14-12-10-8-2/h19-22,25-62H,7-18,23-24H2,1-6H3. The van der Waals surface area contributed by atoms with Crippen molar-refractivity contribution in [2.45, 2.75) is 131 Å². The number of hydrogen-bond donors (Lipinski definition) is 0. The molecule has 12 rings (SSSR count). The van der Waals surface area contributed by atoms with Gasteiger partial charge in [-0.15, -0.1) is 0 Å². The Balaban J connectivity index is 0.899. The van der Waals surface area contributed by atoms with Crippen LogP contribution in [-0.4, -0.2) is 0 Å². The normalized spacial score (nSPS) is 11.4. The summed E-state index contributed by atoms with van der Waals surface area (Å²) in [5.41, 5.74) is 27.0. The molecule has 90 heavy (non-hydrogen) atoms. The topological polar surface area (TPSA) is 6.48 Å². The third-order valence-electron chi connectivity index (χ3n) is 18.6. The Morgan fingerprint density at radius 1 is 0.244 bits per heavy atom. The summed E-state index contributed by atoms with van der Waals surface area (Å²) in [6.45, 7) is 13.5. The van der Waals surface area contributed by atoms with Gasteiger partial charge in [0.15, 0.2) is 0 Å². The van der Waals surface area contributed by atoms with Crippen LogP contribution in [0.15, 0.2) is 255 Å². The molecule has 12 aromatic rings. The Hall–Kier alpha value is -9.24. The number of anilines is 6. The quantitative estimate of drug-likeness (QED) is 0.0526. The second-order valence-corrected chi connectivity index (χ2v) is 25.4.